The van der Waals surface area contributed by atoms with Crippen LogP contribution in [0.25, 0.3) is 0 Å². The van der Waals surface area contributed by atoms with Gasteiger partial charge in [0, 0.05) is 25.4 Å². The first-order valence-corrected chi connectivity index (χ1v) is 5.82. The molecule has 0 amide bonds. The fraction of sp³-hybridized carbons (Fsp3) is 0.833. The summed E-state index contributed by atoms with van der Waals surface area (Å²) in [5, 5.41) is 8.60. The predicted molar refractivity (Wildman–Crippen MR) is 59.3 cm³/mol. The Kier molecular flexibility index (Phi) is 4.77. The van der Waals surface area contributed by atoms with Crippen LogP contribution >= 0.6 is 0 Å². The van der Waals surface area contributed by atoms with Gasteiger partial charge in [-0.05, 0) is 26.7 Å². The minimum Gasteiger partial charge on any atom is -0.298 e. The van der Waals surface area contributed by atoms with Gasteiger partial charge >= 0.3 is 0 Å². The number of nitrogens with zero attached hydrogens (tertiary/aromatic N) is 2. The molecule has 3 nitrogen and oxygen atoms in total. The standard InChI is InChI=1S/C12H20N2O/c1-10(2)14(9-5-8-13)11-6-3-4-7-12(11)15/h10-11H,3-7,9H2,1-2H3. The van der Waals surface area contributed by atoms with Gasteiger partial charge in [0.1, 0.15) is 5.78 Å². The van der Waals surface area contributed by atoms with Crippen LogP contribution < -0.4 is 0 Å². The average Bonchev–Trinajstić information content (AvgIpc) is 2.20. The Labute approximate surface area is 92.1 Å². The molecule has 1 atom stereocenters. The Hall–Kier alpha value is -0.880. The predicted octanol–water partition coefficient (Wildman–Crippen LogP) is 2.12. The van der Waals surface area contributed by atoms with Crippen molar-refractivity contribution in [2.24, 2.45) is 0 Å². The van der Waals surface area contributed by atoms with E-state index < -0.39 is 0 Å². The number of hydrogen-bond acceptors (Lipinski definition) is 3. The van der Waals surface area contributed by atoms with Gasteiger partial charge < -0.3 is 0 Å². The van der Waals surface area contributed by atoms with Gasteiger partial charge in [-0.2, -0.15) is 5.26 Å². The van der Waals surface area contributed by atoms with E-state index in [-0.39, 0.29) is 6.04 Å². The molecule has 1 fully saturated rings. The van der Waals surface area contributed by atoms with Crippen molar-refractivity contribution in [2.75, 3.05) is 6.54 Å². The zero-order valence-corrected chi connectivity index (χ0v) is 9.70. The van der Waals surface area contributed by atoms with E-state index in [4.69, 9.17) is 5.26 Å². The molecule has 1 saturated carbocycles. The Morgan fingerprint density at radius 2 is 2.27 bits per heavy atom. The molecule has 0 aromatic rings. The fourth-order valence-corrected chi connectivity index (χ4v) is 2.27. The highest BCUT2D eigenvalue weighted by Gasteiger charge is 2.29. The number of ketones is 1. The smallest absolute Gasteiger partial charge is 0.149 e. The van der Waals surface area contributed by atoms with Crippen molar-refractivity contribution >= 4 is 5.78 Å². The second-order valence-electron chi connectivity index (χ2n) is 4.47. The van der Waals surface area contributed by atoms with Gasteiger partial charge in [0.15, 0.2) is 0 Å². The van der Waals surface area contributed by atoms with Crippen molar-refractivity contribution in [2.45, 2.75) is 58.0 Å². The van der Waals surface area contributed by atoms with Gasteiger partial charge in [-0.3, -0.25) is 9.69 Å². The molecule has 84 valence electrons. The normalized spacial score (nSPS) is 22.1. The average molecular weight is 208 g/mol. The zero-order valence-electron chi connectivity index (χ0n) is 9.70. The Morgan fingerprint density at radius 3 is 2.80 bits per heavy atom. The SMILES string of the molecule is CC(C)N(CCC#N)C1CCCCC1=O. The molecule has 15 heavy (non-hydrogen) atoms. The van der Waals surface area contributed by atoms with Gasteiger partial charge in [-0.25, -0.2) is 0 Å². The van der Waals surface area contributed by atoms with Gasteiger partial charge in [-0.1, -0.05) is 6.42 Å². The molecule has 0 N–H and O–H groups in total. The lowest BCUT2D eigenvalue weighted by molar-refractivity contribution is -0.127. The van der Waals surface area contributed by atoms with Crippen LogP contribution in [0.5, 0.6) is 0 Å². The summed E-state index contributed by atoms with van der Waals surface area (Å²) >= 11 is 0. The zero-order chi connectivity index (χ0) is 11.3. The maximum atomic E-state index is 11.8. The Balaban J connectivity index is 2.61. The topological polar surface area (TPSA) is 44.1 Å². The summed E-state index contributed by atoms with van der Waals surface area (Å²) < 4.78 is 0. The lowest BCUT2D eigenvalue weighted by atomic mass is 9.92. The molecule has 0 radical (unpaired) electrons. The van der Waals surface area contributed by atoms with Crippen LogP contribution in [0, 0.1) is 11.3 Å². The number of Topliss-reactive ketones (excluding diaryl/α,β-unsaturated/α-hetero) is 1. The maximum absolute atomic E-state index is 11.8. The molecule has 1 aliphatic carbocycles. The van der Waals surface area contributed by atoms with Crippen LogP contribution in [0.1, 0.15) is 46.0 Å². The van der Waals surface area contributed by atoms with Crippen LogP contribution in [-0.2, 0) is 4.79 Å². The van der Waals surface area contributed by atoms with E-state index in [1.807, 2.05) is 0 Å². The number of rotatable bonds is 4. The quantitative estimate of drug-likeness (QED) is 0.710. The minimum atomic E-state index is 0.0760. The summed E-state index contributed by atoms with van der Waals surface area (Å²) in [6, 6.07) is 2.58. The molecule has 0 aromatic carbocycles. The summed E-state index contributed by atoms with van der Waals surface area (Å²) in [6.45, 7) is 4.92. The third-order valence-corrected chi connectivity index (χ3v) is 3.07. The van der Waals surface area contributed by atoms with Crippen LogP contribution in [-0.4, -0.2) is 29.3 Å². The summed E-state index contributed by atoms with van der Waals surface area (Å²) in [4.78, 5) is 14.0. The van der Waals surface area contributed by atoms with Gasteiger partial charge in [0.2, 0.25) is 0 Å². The Bertz CT molecular complexity index is 255. The lowest BCUT2D eigenvalue weighted by Gasteiger charge is -2.35. The first-order chi connectivity index (χ1) is 7.16. The molecule has 1 rings (SSSR count). The van der Waals surface area contributed by atoms with E-state index in [9.17, 15) is 4.79 Å². The van der Waals surface area contributed by atoms with E-state index in [1.54, 1.807) is 0 Å². The molecular formula is C12H20N2O. The third-order valence-electron chi connectivity index (χ3n) is 3.07. The van der Waals surface area contributed by atoms with E-state index in [0.29, 0.717) is 18.2 Å². The van der Waals surface area contributed by atoms with Gasteiger partial charge in [-0.15, -0.1) is 0 Å². The summed E-state index contributed by atoms with van der Waals surface area (Å²) in [5.41, 5.74) is 0. The molecule has 0 aliphatic heterocycles. The minimum absolute atomic E-state index is 0.0760. The first-order valence-electron chi connectivity index (χ1n) is 5.82. The second-order valence-corrected chi connectivity index (χ2v) is 4.47. The van der Waals surface area contributed by atoms with E-state index in [1.165, 1.54) is 0 Å². The van der Waals surface area contributed by atoms with Crippen molar-refractivity contribution in [1.29, 1.82) is 5.26 Å². The maximum Gasteiger partial charge on any atom is 0.149 e. The van der Waals surface area contributed by atoms with Crippen molar-refractivity contribution < 1.29 is 4.79 Å². The van der Waals surface area contributed by atoms with Gasteiger partial charge in [0.25, 0.3) is 0 Å². The molecule has 0 saturated heterocycles. The fourth-order valence-electron chi connectivity index (χ4n) is 2.27. The van der Waals surface area contributed by atoms with Crippen molar-refractivity contribution in [1.82, 2.24) is 4.90 Å². The summed E-state index contributed by atoms with van der Waals surface area (Å²) in [6.07, 6.45) is 4.40. The summed E-state index contributed by atoms with van der Waals surface area (Å²) in [5.74, 6) is 0.368. The highest BCUT2D eigenvalue weighted by atomic mass is 16.1. The number of nitriles is 1. The number of hydrogen-bond donors (Lipinski definition) is 0. The van der Waals surface area contributed by atoms with Crippen LogP contribution in [0.3, 0.4) is 0 Å². The molecule has 0 bridgehead atoms. The van der Waals surface area contributed by atoms with E-state index in [0.717, 1.165) is 32.2 Å². The first kappa shape index (κ1) is 12.2. The molecule has 1 aliphatic rings. The monoisotopic (exact) mass is 208 g/mol. The highest BCUT2D eigenvalue weighted by molar-refractivity contribution is 5.84. The number of carbonyl (C=O) groups excluding carboxylic acids is 1. The van der Waals surface area contributed by atoms with Gasteiger partial charge in [0.05, 0.1) is 12.1 Å². The Morgan fingerprint density at radius 1 is 1.53 bits per heavy atom. The van der Waals surface area contributed by atoms with Crippen molar-refractivity contribution in [3.63, 3.8) is 0 Å². The van der Waals surface area contributed by atoms with E-state index >= 15 is 0 Å². The number of carbonyl (C=O) groups is 1. The molecule has 0 heterocycles. The third kappa shape index (κ3) is 3.32. The molecular weight excluding hydrogens is 188 g/mol. The van der Waals surface area contributed by atoms with Crippen LogP contribution in [0.2, 0.25) is 0 Å². The summed E-state index contributed by atoms with van der Waals surface area (Å²) in [7, 11) is 0. The van der Waals surface area contributed by atoms with E-state index in [2.05, 4.69) is 24.8 Å². The van der Waals surface area contributed by atoms with Crippen LogP contribution in [0.4, 0.5) is 0 Å². The van der Waals surface area contributed by atoms with Crippen molar-refractivity contribution in [3.05, 3.63) is 0 Å². The molecule has 0 aromatic heterocycles. The lowest BCUT2D eigenvalue weighted by Crippen LogP contribution is -2.46. The molecule has 1 unspecified atom stereocenters. The molecule has 3 heteroatoms. The molecule has 0 spiro atoms. The largest absolute Gasteiger partial charge is 0.298 e. The second kappa shape index (κ2) is 5.87. The highest BCUT2D eigenvalue weighted by Crippen LogP contribution is 2.21. The van der Waals surface area contributed by atoms with Crippen LogP contribution in [0.15, 0.2) is 0 Å². The van der Waals surface area contributed by atoms with Crippen molar-refractivity contribution in [3.8, 4) is 6.07 Å².